The van der Waals surface area contributed by atoms with Gasteiger partial charge >= 0.3 is 0 Å². The zero-order valence-electron chi connectivity index (χ0n) is 11.7. The average Bonchev–Trinajstić information content (AvgIpc) is 2.48. The molecule has 0 unspecified atom stereocenters. The van der Waals surface area contributed by atoms with Crippen LogP contribution in [-0.4, -0.2) is 11.6 Å². The maximum atomic E-state index is 5.90. The predicted octanol–water partition coefficient (Wildman–Crippen LogP) is 4.06. The fraction of sp³-hybridized carbons (Fsp3) is 0.294. The van der Waals surface area contributed by atoms with E-state index in [2.05, 4.69) is 38.1 Å². The third-order valence-corrected chi connectivity index (χ3v) is 3.18. The van der Waals surface area contributed by atoms with E-state index in [9.17, 15) is 0 Å². The van der Waals surface area contributed by atoms with Crippen molar-refractivity contribution in [3.8, 4) is 5.75 Å². The van der Waals surface area contributed by atoms with Gasteiger partial charge in [-0.25, -0.2) is 0 Å². The van der Waals surface area contributed by atoms with Gasteiger partial charge in [-0.05, 0) is 36.6 Å². The largest absolute Gasteiger partial charge is 0.406 e. The number of hydrogen-bond donors (Lipinski definition) is 0. The van der Waals surface area contributed by atoms with Crippen molar-refractivity contribution in [1.29, 1.82) is 0 Å². The van der Waals surface area contributed by atoms with Crippen molar-refractivity contribution in [2.24, 2.45) is 0 Å². The Morgan fingerprint density at radius 2 is 1.47 bits per heavy atom. The van der Waals surface area contributed by atoms with Gasteiger partial charge in [0.1, 0.15) is 5.75 Å². The van der Waals surface area contributed by atoms with Gasteiger partial charge in [0.2, 0.25) is 0 Å². The summed E-state index contributed by atoms with van der Waals surface area (Å²) in [6, 6.07) is 18.5. The first-order valence-electron chi connectivity index (χ1n) is 6.88. The van der Waals surface area contributed by atoms with Crippen molar-refractivity contribution in [2.75, 3.05) is 6.54 Å². The summed E-state index contributed by atoms with van der Waals surface area (Å²) in [6.45, 7) is 5.97. The SMILES string of the molecule is CCc1ccccc1CN(CC)Oc1ccccc1. The van der Waals surface area contributed by atoms with E-state index in [0.29, 0.717) is 0 Å². The molecular formula is C17H21NO. The van der Waals surface area contributed by atoms with Gasteiger partial charge in [0.15, 0.2) is 0 Å². The first-order valence-corrected chi connectivity index (χ1v) is 6.88. The molecule has 0 bridgehead atoms. The highest BCUT2D eigenvalue weighted by atomic mass is 16.7. The van der Waals surface area contributed by atoms with E-state index in [1.165, 1.54) is 11.1 Å². The van der Waals surface area contributed by atoms with Crippen LogP contribution in [0.15, 0.2) is 54.6 Å². The molecule has 2 aromatic rings. The molecule has 0 saturated heterocycles. The Hall–Kier alpha value is -1.80. The molecule has 100 valence electrons. The lowest BCUT2D eigenvalue weighted by atomic mass is 10.1. The van der Waals surface area contributed by atoms with Gasteiger partial charge in [0, 0.05) is 6.54 Å². The quantitative estimate of drug-likeness (QED) is 0.722. The standard InChI is InChI=1S/C17H21NO/c1-3-15-10-8-9-11-16(15)14-18(4-2)19-17-12-6-5-7-13-17/h5-13H,3-4,14H2,1-2H3. The summed E-state index contributed by atoms with van der Waals surface area (Å²) in [5.41, 5.74) is 2.72. The summed E-state index contributed by atoms with van der Waals surface area (Å²) in [6.07, 6.45) is 1.05. The molecule has 0 fully saturated rings. The normalized spacial score (nSPS) is 10.7. The molecule has 0 atom stereocenters. The monoisotopic (exact) mass is 255 g/mol. The van der Waals surface area contributed by atoms with E-state index in [1.807, 2.05) is 35.4 Å². The third-order valence-electron chi connectivity index (χ3n) is 3.18. The minimum Gasteiger partial charge on any atom is -0.406 e. The molecule has 0 saturated carbocycles. The van der Waals surface area contributed by atoms with Gasteiger partial charge in [-0.3, -0.25) is 0 Å². The van der Waals surface area contributed by atoms with Gasteiger partial charge in [0.25, 0.3) is 0 Å². The second-order valence-corrected chi connectivity index (χ2v) is 4.48. The Balaban J connectivity index is 2.07. The summed E-state index contributed by atoms with van der Waals surface area (Å²) in [7, 11) is 0. The Kier molecular flexibility index (Phi) is 4.99. The zero-order valence-corrected chi connectivity index (χ0v) is 11.7. The molecule has 0 spiro atoms. The van der Waals surface area contributed by atoms with Crippen LogP contribution in [0.5, 0.6) is 5.75 Å². The molecule has 19 heavy (non-hydrogen) atoms. The van der Waals surface area contributed by atoms with Crippen LogP contribution in [0.2, 0.25) is 0 Å². The van der Waals surface area contributed by atoms with Gasteiger partial charge < -0.3 is 4.84 Å². The van der Waals surface area contributed by atoms with Crippen LogP contribution in [0.3, 0.4) is 0 Å². The molecular weight excluding hydrogens is 234 g/mol. The van der Waals surface area contributed by atoms with Crippen molar-refractivity contribution >= 4 is 0 Å². The Morgan fingerprint density at radius 1 is 0.842 bits per heavy atom. The molecule has 0 amide bonds. The fourth-order valence-corrected chi connectivity index (χ4v) is 2.09. The molecule has 0 aliphatic rings. The van der Waals surface area contributed by atoms with Crippen LogP contribution in [0.1, 0.15) is 25.0 Å². The van der Waals surface area contributed by atoms with Crippen molar-refractivity contribution in [3.05, 3.63) is 65.7 Å². The summed E-state index contributed by atoms with van der Waals surface area (Å²) in [5.74, 6) is 0.887. The first kappa shape index (κ1) is 13.6. The molecule has 0 radical (unpaired) electrons. The Morgan fingerprint density at radius 3 is 2.11 bits per heavy atom. The summed E-state index contributed by atoms with van der Waals surface area (Å²) in [5, 5.41) is 1.99. The van der Waals surface area contributed by atoms with Crippen LogP contribution < -0.4 is 4.84 Å². The predicted molar refractivity (Wildman–Crippen MR) is 79.0 cm³/mol. The second-order valence-electron chi connectivity index (χ2n) is 4.48. The summed E-state index contributed by atoms with van der Waals surface area (Å²) in [4.78, 5) is 5.90. The van der Waals surface area contributed by atoms with E-state index in [0.717, 1.165) is 25.3 Å². The number of para-hydroxylation sites is 1. The lowest BCUT2D eigenvalue weighted by Crippen LogP contribution is -2.27. The van der Waals surface area contributed by atoms with Gasteiger partial charge in [-0.2, -0.15) is 0 Å². The van der Waals surface area contributed by atoms with Crippen molar-refractivity contribution in [2.45, 2.75) is 26.8 Å². The second kappa shape index (κ2) is 6.95. The van der Waals surface area contributed by atoms with Crippen molar-refractivity contribution < 1.29 is 4.84 Å². The highest BCUT2D eigenvalue weighted by Gasteiger charge is 2.08. The van der Waals surface area contributed by atoms with E-state index >= 15 is 0 Å². The molecule has 0 aromatic heterocycles. The highest BCUT2D eigenvalue weighted by Crippen LogP contribution is 2.15. The van der Waals surface area contributed by atoms with Crippen molar-refractivity contribution in [1.82, 2.24) is 5.06 Å². The molecule has 2 nitrogen and oxygen atoms in total. The fourth-order valence-electron chi connectivity index (χ4n) is 2.09. The van der Waals surface area contributed by atoms with Gasteiger partial charge in [-0.15, -0.1) is 5.06 Å². The van der Waals surface area contributed by atoms with E-state index in [-0.39, 0.29) is 0 Å². The number of nitrogens with zero attached hydrogens (tertiary/aromatic N) is 1. The highest BCUT2D eigenvalue weighted by molar-refractivity contribution is 5.27. The maximum absolute atomic E-state index is 5.90. The Bertz CT molecular complexity index is 496. The molecule has 2 aromatic carbocycles. The van der Waals surface area contributed by atoms with Crippen LogP contribution in [0, 0.1) is 0 Å². The van der Waals surface area contributed by atoms with E-state index in [4.69, 9.17) is 4.84 Å². The molecule has 0 N–H and O–H groups in total. The first-order chi connectivity index (χ1) is 9.33. The summed E-state index contributed by atoms with van der Waals surface area (Å²) < 4.78 is 0. The number of hydrogen-bond acceptors (Lipinski definition) is 2. The lowest BCUT2D eigenvalue weighted by Gasteiger charge is -2.22. The molecule has 2 heteroatoms. The molecule has 0 aliphatic heterocycles. The Labute approximate surface area is 115 Å². The topological polar surface area (TPSA) is 12.5 Å². The van der Waals surface area contributed by atoms with Crippen LogP contribution >= 0.6 is 0 Å². The minimum atomic E-state index is 0.815. The molecule has 0 aliphatic carbocycles. The molecule has 2 rings (SSSR count). The van der Waals surface area contributed by atoms with Crippen LogP contribution in [0.25, 0.3) is 0 Å². The lowest BCUT2D eigenvalue weighted by molar-refractivity contribution is -0.0624. The average molecular weight is 255 g/mol. The minimum absolute atomic E-state index is 0.815. The van der Waals surface area contributed by atoms with Crippen LogP contribution in [0.4, 0.5) is 0 Å². The zero-order chi connectivity index (χ0) is 13.5. The number of rotatable bonds is 6. The third kappa shape index (κ3) is 3.83. The summed E-state index contributed by atoms with van der Waals surface area (Å²) >= 11 is 0. The van der Waals surface area contributed by atoms with Gasteiger partial charge in [0.05, 0.1) is 6.54 Å². The number of aryl methyl sites for hydroxylation is 1. The van der Waals surface area contributed by atoms with E-state index in [1.54, 1.807) is 0 Å². The van der Waals surface area contributed by atoms with Crippen molar-refractivity contribution in [3.63, 3.8) is 0 Å². The van der Waals surface area contributed by atoms with E-state index < -0.39 is 0 Å². The smallest absolute Gasteiger partial charge is 0.147 e. The maximum Gasteiger partial charge on any atom is 0.147 e. The van der Waals surface area contributed by atoms with Gasteiger partial charge in [-0.1, -0.05) is 49.4 Å². The molecule has 0 heterocycles. The van der Waals surface area contributed by atoms with Crippen LogP contribution in [-0.2, 0) is 13.0 Å². The number of benzene rings is 2. The number of hydroxylamine groups is 2.